The van der Waals surface area contributed by atoms with Crippen molar-refractivity contribution in [3.8, 4) is 5.75 Å². The summed E-state index contributed by atoms with van der Waals surface area (Å²) < 4.78 is 5.80. The number of rotatable bonds is 5. The van der Waals surface area contributed by atoms with Crippen LogP contribution in [0.25, 0.3) is 10.8 Å². The highest BCUT2D eigenvalue weighted by molar-refractivity contribution is 7.07. The first-order chi connectivity index (χ1) is 11.1. The number of carbonyl (C=O) groups excluding carboxylic acids is 1. The third kappa shape index (κ3) is 3.60. The van der Waals surface area contributed by atoms with E-state index in [4.69, 9.17) is 4.74 Å². The fourth-order valence-electron chi connectivity index (χ4n) is 2.27. The van der Waals surface area contributed by atoms with Crippen molar-refractivity contribution in [1.82, 2.24) is 10.3 Å². The van der Waals surface area contributed by atoms with Crippen molar-refractivity contribution in [2.24, 2.45) is 0 Å². The van der Waals surface area contributed by atoms with Gasteiger partial charge in [-0.05, 0) is 18.4 Å². The van der Waals surface area contributed by atoms with Gasteiger partial charge in [0.1, 0.15) is 5.75 Å². The Balaban J connectivity index is 1.66. The minimum Gasteiger partial charge on any atom is -0.480 e. The first-order valence-electron chi connectivity index (χ1n) is 7.22. The molecule has 1 atom stereocenters. The summed E-state index contributed by atoms with van der Waals surface area (Å²) in [5.74, 6) is 0.444. The second-order valence-electron chi connectivity index (χ2n) is 5.13. The number of fused-ring (bicyclic) bond motifs is 1. The van der Waals surface area contributed by atoms with Crippen molar-refractivity contribution >= 4 is 28.0 Å². The van der Waals surface area contributed by atoms with Gasteiger partial charge in [-0.15, -0.1) is 0 Å². The average molecular weight is 328 g/mol. The topological polar surface area (TPSA) is 71.2 Å². The van der Waals surface area contributed by atoms with Gasteiger partial charge in [0.15, 0.2) is 6.10 Å². The minimum atomic E-state index is -0.633. The van der Waals surface area contributed by atoms with Crippen molar-refractivity contribution in [3.63, 3.8) is 0 Å². The number of amides is 1. The summed E-state index contributed by atoms with van der Waals surface area (Å²) in [6.45, 7) is 1.98. The van der Waals surface area contributed by atoms with E-state index in [0.717, 1.165) is 22.1 Å². The van der Waals surface area contributed by atoms with Gasteiger partial charge in [-0.2, -0.15) is 0 Å². The number of H-pyrrole nitrogens is 1. The zero-order chi connectivity index (χ0) is 16.2. The number of ether oxygens (including phenoxy) is 1. The van der Waals surface area contributed by atoms with Gasteiger partial charge in [0, 0.05) is 16.5 Å². The van der Waals surface area contributed by atoms with Crippen LogP contribution in [0.15, 0.2) is 52.6 Å². The van der Waals surface area contributed by atoms with Crippen LogP contribution in [0.1, 0.15) is 12.6 Å². The molecule has 0 fully saturated rings. The minimum absolute atomic E-state index is 0.130. The molecule has 1 amide bonds. The maximum absolute atomic E-state index is 12.1. The number of aromatic amines is 1. The molecule has 1 aromatic heterocycles. The second kappa shape index (κ2) is 6.66. The number of thiazole rings is 1. The summed E-state index contributed by atoms with van der Waals surface area (Å²) in [7, 11) is 0. The van der Waals surface area contributed by atoms with E-state index in [1.54, 1.807) is 12.3 Å². The standard InChI is InChI=1S/C17H16N2O3S/c1-11(16(20)18-9-13-10-23-17(21)19-13)22-15-8-4-6-12-5-2-3-7-14(12)15/h2-8,10-11H,9H2,1H3,(H,18,20)(H,19,21). The first-order valence-corrected chi connectivity index (χ1v) is 8.10. The lowest BCUT2D eigenvalue weighted by atomic mass is 10.1. The zero-order valence-corrected chi connectivity index (χ0v) is 13.4. The van der Waals surface area contributed by atoms with Crippen LogP contribution in [0.5, 0.6) is 5.75 Å². The molecular formula is C17H16N2O3S. The van der Waals surface area contributed by atoms with E-state index in [1.807, 2.05) is 42.5 Å². The number of nitrogens with one attached hydrogen (secondary N) is 2. The van der Waals surface area contributed by atoms with E-state index in [-0.39, 0.29) is 17.3 Å². The van der Waals surface area contributed by atoms with Gasteiger partial charge in [0.2, 0.25) is 0 Å². The van der Waals surface area contributed by atoms with Crippen LogP contribution in [0.3, 0.4) is 0 Å². The quantitative estimate of drug-likeness (QED) is 0.756. The van der Waals surface area contributed by atoms with Gasteiger partial charge >= 0.3 is 4.87 Å². The molecule has 3 rings (SSSR count). The highest BCUT2D eigenvalue weighted by atomic mass is 32.1. The second-order valence-corrected chi connectivity index (χ2v) is 5.97. The Labute approximate surface area is 136 Å². The summed E-state index contributed by atoms with van der Waals surface area (Å²) in [6, 6.07) is 13.6. The fraction of sp³-hybridized carbons (Fsp3) is 0.176. The normalized spacial score (nSPS) is 12.0. The van der Waals surface area contributed by atoms with Crippen LogP contribution >= 0.6 is 11.3 Å². The molecule has 0 aliphatic heterocycles. The van der Waals surface area contributed by atoms with Crippen LogP contribution < -0.4 is 14.9 Å². The lowest BCUT2D eigenvalue weighted by molar-refractivity contribution is -0.127. The average Bonchev–Trinajstić information content (AvgIpc) is 2.98. The van der Waals surface area contributed by atoms with E-state index < -0.39 is 6.10 Å². The smallest absolute Gasteiger partial charge is 0.304 e. The molecule has 5 nitrogen and oxygen atoms in total. The highest BCUT2D eigenvalue weighted by Crippen LogP contribution is 2.25. The van der Waals surface area contributed by atoms with Gasteiger partial charge in [-0.1, -0.05) is 47.7 Å². The summed E-state index contributed by atoms with van der Waals surface area (Å²) in [5, 5.41) is 6.48. The van der Waals surface area contributed by atoms with Gasteiger partial charge < -0.3 is 15.0 Å². The van der Waals surface area contributed by atoms with E-state index >= 15 is 0 Å². The Kier molecular flexibility index (Phi) is 4.43. The number of hydrogen-bond donors (Lipinski definition) is 2. The molecule has 0 aliphatic rings. The number of aromatic nitrogens is 1. The molecule has 2 aromatic carbocycles. The molecule has 2 N–H and O–H groups in total. The van der Waals surface area contributed by atoms with Crippen molar-refractivity contribution < 1.29 is 9.53 Å². The van der Waals surface area contributed by atoms with Crippen LogP contribution in [0.4, 0.5) is 0 Å². The summed E-state index contributed by atoms with van der Waals surface area (Å²) >= 11 is 1.07. The zero-order valence-electron chi connectivity index (χ0n) is 12.5. The highest BCUT2D eigenvalue weighted by Gasteiger charge is 2.15. The van der Waals surface area contributed by atoms with Crippen molar-refractivity contribution in [2.45, 2.75) is 19.6 Å². The van der Waals surface area contributed by atoms with Crippen LogP contribution in [-0.2, 0) is 11.3 Å². The molecule has 0 aliphatic carbocycles. The maximum atomic E-state index is 12.1. The predicted molar refractivity (Wildman–Crippen MR) is 90.8 cm³/mol. The Morgan fingerprint density at radius 1 is 1.26 bits per heavy atom. The largest absolute Gasteiger partial charge is 0.480 e. The summed E-state index contributed by atoms with van der Waals surface area (Å²) in [5.41, 5.74) is 0.686. The first kappa shape index (κ1) is 15.3. The number of hydrogen-bond acceptors (Lipinski definition) is 4. The molecule has 0 saturated heterocycles. The SMILES string of the molecule is CC(Oc1cccc2ccccc12)C(=O)NCc1csc(=O)[nH]1. The van der Waals surface area contributed by atoms with E-state index in [9.17, 15) is 9.59 Å². The van der Waals surface area contributed by atoms with Crippen molar-refractivity contribution in [2.75, 3.05) is 0 Å². The molecule has 6 heteroatoms. The lowest BCUT2D eigenvalue weighted by Crippen LogP contribution is -2.36. The molecule has 0 bridgehead atoms. The molecule has 0 spiro atoms. The Hall–Kier alpha value is -2.60. The summed E-state index contributed by atoms with van der Waals surface area (Å²) in [6.07, 6.45) is -0.633. The number of benzene rings is 2. The molecule has 1 heterocycles. The summed E-state index contributed by atoms with van der Waals surface area (Å²) in [4.78, 5) is 25.7. The van der Waals surface area contributed by atoms with Crippen molar-refractivity contribution in [1.29, 1.82) is 0 Å². The molecule has 23 heavy (non-hydrogen) atoms. The van der Waals surface area contributed by atoms with E-state index in [1.165, 1.54) is 0 Å². The van der Waals surface area contributed by atoms with Gasteiger partial charge in [0.05, 0.1) is 6.54 Å². The van der Waals surface area contributed by atoms with E-state index in [2.05, 4.69) is 10.3 Å². The van der Waals surface area contributed by atoms with E-state index in [0.29, 0.717) is 11.4 Å². The molecule has 0 saturated carbocycles. The number of carbonyl (C=O) groups is 1. The fourth-order valence-corrected chi connectivity index (χ4v) is 2.85. The van der Waals surface area contributed by atoms with Crippen molar-refractivity contribution in [3.05, 3.63) is 63.2 Å². The van der Waals surface area contributed by atoms with Crippen LogP contribution in [0.2, 0.25) is 0 Å². The predicted octanol–water partition coefficient (Wildman–Crippen LogP) is 2.67. The third-order valence-electron chi connectivity index (χ3n) is 3.45. The third-order valence-corrected chi connectivity index (χ3v) is 4.17. The van der Waals surface area contributed by atoms with Gasteiger partial charge in [-0.25, -0.2) is 0 Å². The Morgan fingerprint density at radius 2 is 2.04 bits per heavy atom. The molecule has 118 valence electrons. The van der Waals surface area contributed by atoms with Crippen LogP contribution in [-0.4, -0.2) is 17.0 Å². The van der Waals surface area contributed by atoms with Gasteiger partial charge in [-0.3, -0.25) is 9.59 Å². The van der Waals surface area contributed by atoms with Crippen LogP contribution in [0, 0.1) is 0 Å². The Bertz CT molecular complexity index is 879. The monoisotopic (exact) mass is 328 g/mol. The van der Waals surface area contributed by atoms with Gasteiger partial charge in [0.25, 0.3) is 5.91 Å². The molecule has 3 aromatic rings. The molecular weight excluding hydrogens is 312 g/mol. The maximum Gasteiger partial charge on any atom is 0.304 e. The Morgan fingerprint density at radius 3 is 2.83 bits per heavy atom. The lowest BCUT2D eigenvalue weighted by Gasteiger charge is -2.16. The molecule has 1 unspecified atom stereocenters. The molecule has 0 radical (unpaired) electrons.